The molecule has 17 heteroatoms. The maximum Gasteiger partial charge on any atom is 0.573 e. The van der Waals surface area contributed by atoms with Gasteiger partial charge in [-0.2, -0.15) is 0 Å². The van der Waals surface area contributed by atoms with E-state index < -0.39 is 41.9 Å². The molecule has 4 rings (SSSR count). The van der Waals surface area contributed by atoms with E-state index in [1.54, 1.807) is 6.07 Å². The van der Waals surface area contributed by atoms with Gasteiger partial charge in [-0.05, 0) is 47.9 Å². The van der Waals surface area contributed by atoms with Crippen molar-refractivity contribution in [1.82, 2.24) is 24.9 Å². The Hall–Kier alpha value is -5.09. The molecule has 0 radical (unpaired) electrons. The first-order chi connectivity index (χ1) is 21.2. The third kappa shape index (κ3) is 10.8. The van der Waals surface area contributed by atoms with E-state index in [9.17, 15) is 40.3 Å². The number of rotatable bonds is 13. The molecular weight excluding hydrogens is 619 g/mol. The van der Waals surface area contributed by atoms with Crippen LogP contribution in [0.5, 0.6) is 17.2 Å². The van der Waals surface area contributed by atoms with Crippen molar-refractivity contribution in [2.75, 3.05) is 0 Å². The molecule has 2 aromatic carbocycles. The normalized spacial score (nSPS) is 12.4. The Labute approximate surface area is 249 Å². The number of carbonyl (C=O) groups is 1. The average Bonchev–Trinajstić information content (AvgIpc) is 3.41. The lowest BCUT2D eigenvalue weighted by Gasteiger charge is -2.12. The number of halogens is 7. The highest BCUT2D eigenvalue weighted by molar-refractivity contribution is 5.91. The first kappa shape index (κ1) is 32.8. The van der Waals surface area contributed by atoms with E-state index in [0.29, 0.717) is 11.1 Å². The summed E-state index contributed by atoms with van der Waals surface area (Å²) in [6.45, 7) is -0.499. The monoisotopic (exact) mass is 643 g/mol. The second-order valence-electron chi connectivity index (χ2n) is 9.47. The number of hydrogen-bond donors (Lipinski definition) is 1. The van der Waals surface area contributed by atoms with Crippen LogP contribution in [-0.4, -0.2) is 44.4 Å². The molecule has 0 aliphatic carbocycles. The fraction of sp³-hybridized carbons (Fsp3) is 0.286. The van der Waals surface area contributed by atoms with E-state index in [1.165, 1.54) is 47.3 Å². The minimum Gasteiger partial charge on any atom is -0.489 e. The fourth-order valence-electron chi connectivity index (χ4n) is 3.94. The molecule has 240 valence electrons. The van der Waals surface area contributed by atoms with Crippen LogP contribution >= 0.6 is 0 Å². The third-order valence-corrected chi connectivity index (χ3v) is 5.93. The number of ether oxygens (including phenoxy) is 3. The Morgan fingerprint density at radius 1 is 0.889 bits per heavy atom. The maximum absolute atomic E-state index is 14.7. The van der Waals surface area contributed by atoms with Gasteiger partial charge >= 0.3 is 12.7 Å². The van der Waals surface area contributed by atoms with Crippen molar-refractivity contribution in [3.8, 4) is 17.2 Å². The summed E-state index contributed by atoms with van der Waals surface area (Å²) >= 11 is 0. The highest BCUT2D eigenvalue weighted by Crippen LogP contribution is 2.26. The molecule has 1 amide bonds. The molecule has 10 nitrogen and oxygen atoms in total. The van der Waals surface area contributed by atoms with Gasteiger partial charge in [0.15, 0.2) is 5.69 Å². The molecule has 1 unspecified atom stereocenters. The summed E-state index contributed by atoms with van der Waals surface area (Å²) in [5.74, 6) is -1.48. The summed E-state index contributed by atoms with van der Waals surface area (Å²) in [4.78, 5) is 24.8. The number of benzene rings is 2. The number of hydrogen-bond acceptors (Lipinski definition) is 7. The summed E-state index contributed by atoms with van der Waals surface area (Å²) < 4.78 is 105. The molecule has 0 spiro atoms. The highest BCUT2D eigenvalue weighted by atomic mass is 19.4. The zero-order chi connectivity index (χ0) is 32.6. The van der Waals surface area contributed by atoms with Gasteiger partial charge in [-0.3, -0.25) is 9.59 Å². The number of amides is 1. The fourth-order valence-corrected chi connectivity index (χ4v) is 3.94. The van der Waals surface area contributed by atoms with E-state index in [4.69, 9.17) is 4.74 Å². The Morgan fingerprint density at radius 2 is 1.56 bits per heavy atom. The number of nitrogens with zero attached hydrogens (tertiary/aromatic N) is 4. The van der Waals surface area contributed by atoms with Gasteiger partial charge in [0.1, 0.15) is 30.0 Å². The number of carbonyl (C=O) groups excluding carboxylic acids is 1. The summed E-state index contributed by atoms with van der Waals surface area (Å²) in [6, 6.07) is 12.8. The summed E-state index contributed by atoms with van der Waals surface area (Å²) in [5.41, 5.74) is 0.180. The van der Waals surface area contributed by atoms with Gasteiger partial charge in [-0.1, -0.05) is 23.4 Å². The van der Waals surface area contributed by atoms with Crippen molar-refractivity contribution in [1.29, 1.82) is 0 Å². The standard InChI is InChI=1S/C28H24F7N5O5/c29-20(15-40-16-24(37-38-40)26(42)36-14-18-3-1-5-22(11-18)44-27(30,31)32)8-10-39-9-7-19(12-25(39)41)17-43-21-4-2-6-23(13-21)45-28(33,34)35/h1-7,9,11-13,16,20H,8,10,14-15,17H2,(H,36,42). The second-order valence-corrected chi connectivity index (χ2v) is 9.47. The van der Waals surface area contributed by atoms with E-state index in [-0.39, 0.29) is 44.1 Å². The van der Waals surface area contributed by atoms with Crippen molar-refractivity contribution in [2.24, 2.45) is 0 Å². The Kier molecular flexibility index (Phi) is 10.3. The summed E-state index contributed by atoms with van der Waals surface area (Å²) in [5, 5.41) is 9.88. The molecule has 1 N–H and O–H groups in total. The summed E-state index contributed by atoms with van der Waals surface area (Å²) in [6.07, 6.45) is -8.63. The van der Waals surface area contributed by atoms with Crippen LogP contribution < -0.4 is 25.1 Å². The Balaban J connectivity index is 1.22. The number of aromatic nitrogens is 4. The van der Waals surface area contributed by atoms with Crippen LogP contribution in [0.3, 0.4) is 0 Å². The number of nitrogens with one attached hydrogen (secondary N) is 1. The molecule has 1 atom stereocenters. The Morgan fingerprint density at radius 3 is 2.24 bits per heavy atom. The zero-order valence-corrected chi connectivity index (χ0v) is 23.0. The van der Waals surface area contributed by atoms with Crippen molar-refractivity contribution >= 4 is 5.91 Å². The van der Waals surface area contributed by atoms with Crippen LogP contribution in [0.1, 0.15) is 28.0 Å². The second kappa shape index (κ2) is 14.1. The van der Waals surface area contributed by atoms with Crippen molar-refractivity contribution in [3.63, 3.8) is 0 Å². The Bertz CT molecular complexity index is 1660. The topological polar surface area (TPSA) is 110 Å². The van der Waals surface area contributed by atoms with Crippen LogP contribution in [0.25, 0.3) is 0 Å². The number of alkyl halides is 7. The number of pyridine rings is 1. The van der Waals surface area contributed by atoms with Gasteiger partial charge in [0, 0.05) is 31.4 Å². The molecule has 0 saturated carbocycles. The lowest BCUT2D eigenvalue weighted by molar-refractivity contribution is -0.275. The van der Waals surface area contributed by atoms with Gasteiger partial charge in [-0.15, -0.1) is 31.4 Å². The lowest BCUT2D eigenvalue weighted by Crippen LogP contribution is -2.23. The molecule has 2 aromatic heterocycles. The quantitative estimate of drug-likeness (QED) is 0.200. The molecular formula is C28H24F7N5O5. The van der Waals surface area contributed by atoms with Crippen LogP contribution in [-0.2, 0) is 26.2 Å². The number of aryl methyl sites for hydroxylation is 1. The predicted octanol–water partition coefficient (Wildman–Crippen LogP) is 5.17. The first-order valence-corrected chi connectivity index (χ1v) is 13.1. The van der Waals surface area contributed by atoms with E-state index in [2.05, 4.69) is 25.1 Å². The first-order valence-electron chi connectivity index (χ1n) is 13.1. The van der Waals surface area contributed by atoms with E-state index in [1.807, 2.05) is 0 Å². The maximum atomic E-state index is 14.7. The van der Waals surface area contributed by atoms with Gasteiger partial charge < -0.3 is 24.1 Å². The molecule has 0 fully saturated rings. The van der Waals surface area contributed by atoms with Crippen LogP contribution in [0.15, 0.2) is 77.9 Å². The minimum absolute atomic E-state index is 0.0110. The molecule has 0 aliphatic heterocycles. The van der Waals surface area contributed by atoms with Crippen LogP contribution in [0.4, 0.5) is 30.7 Å². The molecule has 0 saturated heterocycles. The highest BCUT2D eigenvalue weighted by Gasteiger charge is 2.32. The van der Waals surface area contributed by atoms with E-state index in [0.717, 1.165) is 28.9 Å². The predicted molar refractivity (Wildman–Crippen MR) is 142 cm³/mol. The van der Waals surface area contributed by atoms with Crippen molar-refractivity contribution < 1.29 is 49.7 Å². The van der Waals surface area contributed by atoms with Crippen molar-refractivity contribution in [3.05, 3.63) is 100 Å². The largest absolute Gasteiger partial charge is 0.573 e. The zero-order valence-electron chi connectivity index (χ0n) is 23.0. The summed E-state index contributed by atoms with van der Waals surface area (Å²) in [7, 11) is 0. The molecule has 2 heterocycles. The average molecular weight is 644 g/mol. The molecule has 45 heavy (non-hydrogen) atoms. The van der Waals surface area contributed by atoms with Crippen LogP contribution in [0.2, 0.25) is 0 Å². The smallest absolute Gasteiger partial charge is 0.489 e. The minimum atomic E-state index is -4.86. The van der Waals surface area contributed by atoms with Crippen molar-refractivity contribution in [2.45, 2.75) is 51.6 Å². The van der Waals surface area contributed by atoms with Gasteiger partial charge in [-0.25, -0.2) is 9.07 Å². The third-order valence-electron chi connectivity index (χ3n) is 5.93. The van der Waals surface area contributed by atoms with Gasteiger partial charge in [0.05, 0.1) is 12.7 Å². The van der Waals surface area contributed by atoms with Gasteiger partial charge in [0.2, 0.25) is 0 Å². The van der Waals surface area contributed by atoms with Crippen LogP contribution in [0, 0.1) is 0 Å². The van der Waals surface area contributed by atoms with Gasteiger partial charge in [0.25, 0.3) is 11.5 Å². The lowest BCUT2D eigenvalue weighted by atomic mass is 10.2. The van der Waals surface area contributed by atoms with E-state index >= 15 is 0 Å². The molecule has 0 aliphatic rings. The molecule has 0 bridgehead atoms. The SMILES string of the molecule is O=C(NCc1cccc(OC(F)(F)F)c1)c1cn(CC(F)CCn2ccc(COc3cccc(OC(F)(F)F)c3)cc2=O)nn1. The molecule has 4 aromatic rings.